The van der Waals surface area contributed by atoms with Crippen molar-refractivity contribution in [3.63, 3.8) is 0 Å². The highest BCUT2D eigenvalue weighted by Gasteiger charge is 2.19. The van der Waals surface area contributed by atoms with Crippen LogP contribution in [-0.4, -0.2) is 27.2 Å². The molecule has 1 aromatic carbocycles. The van der Waals surface area contributed by atoms with Gasteiger partial charge in [0.05, 0.1) is 16.5 Å². The number of aromatic nitrogens is 2. The summed E-state index contributed by atoms with van der Waals surface area (Å²) in [5, 5.41) is 13.5. The van der Waals surface area contributed by atoms with Crippen LogP contribution in [-0.2, 0) is 0 Å². The Hall–Kier alpha value is -2.08. The van der Waals surface area contributed by atoms with Gasteiger partial charge in [-0.3, -0.25) is 9.78 Å². The average molecular weight is 276 g/mol. The van der Waals surface area contributed by atoms with Crippen LogP contribution in [0, 0.1) is 0 Å². The first-order valence-electron chi connectivity index (χ1n) is 6.67. The number of rotatable bonds is 5. The molecule has 1 aromatic heterocycles. The van der Waals surface area contributed by atoms with Crippen molar-refractivity contribution < 1.29 is 5.11 Å². The first-order valence-corrected chi connectivity index (χ1v) is 6.67. The highest BCUT2D eigenvalue weighted by atomic mass is 16.3. The molecule has 6 heteroatoms. The standard InChI is InChI=1S/C14H20N4O2/c1-3-6-14(2,20)8-16-13-17-11-5-4-9(15)7-10(11)12(19)18-13/h4-5,7,20H,3,6,8,15H2,1-2H3,(H2,16,17,18,19). The fourth-order valence-electron chi connectivity index (χ4n) is 2.14. The van der Waals surface area contributed by atoms with Crippen molar-refractivity contribution in [2.24, 2.45) is 0 Å². The first kappa shape index (κ1) is 14.3. The molecule has 1 heterocycles. The van der Waals surface area contributed by atoms with Gasteiger partial charge in [-0.15, -0.1) is 0 Å². The van der Waals surface area contributed by atoms with Crippen molar-refractivity contribution in [3.05, 3.63) is 28.6 Å². The predicted octanol–water partition coefficient (Wildman–Crippen LogP) is 1.47. The summed E-state index contributed by atoms with van der Waals surface area (Å²) >= 11 is 0. The van der Waals surface area contributed by atoms with Gasteiger partial charge in [-0.2, -0.15) is 0 Å². The maximum atomic E-state index is 11.9. The predicted molar refractivity (Wildman–Crippen MR) is 80.8 cm³/mol. The third kappa shape index (κ3) is 3.27. The van der Waals surface area contributed by atoms with E-state index in [4.69, 9.17) is 5.73 Å². The number of nitrogens with one attached hydrogen (secondary N) is 2. The molecule has 0 aliphatic rings. The van der Waals surface area contributed by atoms with E-state index in [0.717, 1.165) is 6.42 Å². The van der Waals surface area contributed by atoms with E-state index in [9.17, 15) is 9.90 Å². The summed E-state index contributed by atoms with van der Waals surface area (Å²) in [7, 11) is 0. The van der Waals surface area contributed by atoms with Gasteiger partial charge in [0.25, 0.3) is 5.56 Å². The average Bonchev–Trinajstić information content (AvgIpc) is 2.37. The smallest absolute Gasteiger partial charge is 0.260 e. The Morgan fingerprint density at radius 3 is 2.95 bits per heavy atom. The Labute approximate surface area is 117 Å². The number of aromatic amines is 1. The third-order valence-corrected chi connectivity index (χ3v) is 3.15. The molecular weight excluding hydrogens is 256 g/mol. The molecule has 5 N–H and O–H groups in total. The number of nitrogens with zero attached hydrogens (tertiary/aromatic N) is 1. The van der Waals surface area contributed by atoms with Crippen LogP contribution in [0.4, 0.5) is 11.6 Å². The van der Waals surface area contributed by atoms with Crippen LogP contribution in [0.1, 0.15) is 26.7 Å². The van der Waals surface area contributed by atoms with E-state index in [1.165, 1.54) is 0 Å². The molecule has 0 amide bonds. The molecule has 1 unspecified atom stereocenters. The Bertz CT molecular complexity index is 664. The van der Waals surface area contributed by atoms with Gasteiger partial charge in [-0.1, -0.05) is 13.3 Å². The van der Waals surface area contributed by atoms with E-state index in [0.29, 0.717) is 35.5 Å². The van der Waals surface area contributed by atoms with Gasteiger partial charge in [0.2, 0.25) is 5.95 Å². The largest absolute Gasteiger partial charge is 0.399 e. The molecule has 2 rings (SSSR count). The van der Waals surface area contributed by atoms with E-state index < -0.39 is 5.60 Å². The Morgan fingerprint density at radius 2 is 2.25 bits per heavy atom. The maximum absolute atomic E-state index is 11.9. The number of hydrogen-bond donors (Lipinski definition) is 4. The molecule has 0 fully saturated rings. The van der Waals surface area contributed by atoms with Crippen molar-refractivity contribution in [1.82, 2.24) is 9.97 Å². The zero-order valence-corrected chi connectivity index (χ0v) is 11.7. The van der Waals surface area contributed by atoms with Gasteiger partial charge in [0.15, 0.2) is 0 Å². The van der Waals surface area contributed by atoms with Crippen molar-refractivity contribution in [2.75, 3.05) is 17.6 Å². The zero-order chi connectivity index (χ0) is 14.8. The van der Waals surface area contributed by atoms with Gasteiger partial charge in [0, 0.05) is 12.2 Å². The Balaban J connectivity index is 2.24. The van der Waals surface area contributed by atoms with E-state index in [1.54, 1.807) is 25.1 Å². The Morgan fingerprint density at radius 1 is 1.50 bits per heavy atom. The molecule has 20 heavy (non-hydrogen) atoms. The summed E-state index contributed by atoms with van der Waals surface area (Å²) in [6.45, 7) is 4.09. The second kappa shape index (κ2) is 5.50. The van der Waals surface area contributed by atoms with Crippen molar-refractivity contribution >= 4 is 22.5 Å². The molecular formula is C14H20N4O2. The molecule has 0 spiro atoms. The van der Waals surface area contributed by atoms with Crippen molar-refractivity contribution in [3.8, 4) is 0 Å². The molecule has 2 aromatic rings. The minimum atomic E-state index is -0.830. The van der Waals surface area contributed by atoms with E-state index in [-0.39, 0.29) is 5.56 Å². The van der Waals surface area contributed by atoms with Crippen LogP contribution in [0.25, 0.3) is 10.9 Å². The zero-order valence-electron chi connectivity index (χ0n) is 11.7. The van der Waals surface area contributed by atoms with Gasteiger partial charge in [-0.05, 0) is 31.5 Å². The second-order valence-corrected chi connectivity index (χ2v) is 5.29. The maximum Gasteiger partial charge on any atom is 0.260 e. The lowest BCUT2D eigenvalue weighted by Gasteiger charge is -2.23. The number of hydrogen-bond acceptors (Lipinski definition) is 5. The fourth-order valence-corrected chi connectivity index (χ4v) is 2.14. The van der Waals surface area contributed by atoms with Crippen LogP contribution in [0.2, 0.25) is 0 Å². The van der Waals surface area contributed by atoms with Crippen molar-refractivity contribution in [1.29, 1.82) is 0 Å². The molecule has 0 saturated carbocycles. The monoisotopic (exact) mass is 276 g/mol. The summed E-state index contributed by atoms with van der Waals surface area (Å²) < 4.78 is 0. The number of nitrogen functional groups attached to an aromatic ring is 1. The molecule has 1 atom stereocenters. The lowest BCUT2D eigenvalue weighted by Crippen LogP contribution is -2.34. The third-order valence-electron chi connectivity index (χ3n) is 3.15. The van der Waals surface area contributed by atoms with Crippen LogP contribution in [0.3, 0.4) is 0 Å². The second-order valence-electron chi connectivity index (χ2n) is 5.29. The van der Waals surface area contributed by atoms with Crippen molar-refractivity contribution in [2.45, 2.75) is 32.3 Å². The number of fused-ring (bicyclic) bond motifs is 1. The van der Waals surface area contributed by atoms with E-state index in [2.05, 4.69) is 15.3 Å². The Kier molecular flexibility index (Phi) is 3.94. The van der Waals surface area contributed by atoms with Crippen LogP contribution in [0.15, 0.2) is 23.0 Å². The number of H-pyrrole nitrogens is 1. The van der Waals surface area contributed by atoms with Crippen LogP contribution >= 0.6 is 0 Å². The molecule has 0 bridgehead atoms. The number of nitrogens with two attached hydrogens (primary N) is 1. The lowest BCUT2D eigenvalue weighted by atomic mass is 10.0. The van der Waals surface area contributed by atoms with Gasteiger partial charge >= 0.3 is 0 Å². The summed E-state index contributed by atoms with van der Waals surface area (Å²) in [5.41, 5.74) is 5.67. The SMILES string of the molecule is CCCC(C)(O)CNc1nc2ccc(N)cc2c(=O)[nH]1. The molecule has 0 saturated heterocycles. The normalized spacial score (nSPS) is 14.2. The van der Waals surface area contributed by atoms with Gasteiger partial charge in [-0.25, -0.2) is 4.98 Å². The molecule has 0 radical (unpaired) electrons. The first-order chi connectivity index (χ1) is 9.41. The lowest BCUT2D eigenvalue weighted by molar-refractivity contribution is 0.0635. The minimum absolute atomic E-state index is 0.250. The van der Waals surface area contributed by atoms with E-state index >= 15 is 0 Å². The minimum Gasteiger partial charge on any atom is -0.399 e. The summed E-state index contributed by atoms with van der Waals surface area (Å²) in [4.78, 5) is 18.9. The summed E-state index contributed by atoms with van der Waals surface area (Å²) in [5.74, 6) is 0.351. The summed E-state index contributed by atoms with van der Waals surface area (Å²) in [6.07, 6.45) is 1.56. The topological polar surface area (TPSA) is 104 Å². The fraction of sp³-hybridized carbons (Fsp3) is 0.429. The van der Waals surface area contributed by atoms with Crippen LogP contribution < -0.4 is 16.6 Å². The van der Waals surface area contributed by atoms with E-state index in [1.807, 2.05) is 6.92 Å². The number of benzene rings is 1. The van der Waals surface area contributed by atoms with Crippen LogP contribution in [0.5, 0.6) is 0 Å². The highest BCUT2D eigenvalue weighted by Crippen LogP contribution is 2.15. The number of aliphatic hydroxyl groups is 1. The molecule has 6 nitrogen and oxygen atoms in total. The van der Waals surface area contributed by atoms with Gasteiger partial charge in [0.1, 0.15) is 0 Å². The molecule has 0 aliphatic heterocycles. The quantitative estimate of drug-likeness (QED) is 0.619. The summed E-state index contributed by atoms with van der Waals surface area (Å²) in [6, 6.07) is 5.00. The highest BCUT2D eigenvalue weighted by molar-refractivity contribution is 5.81. The molecule has 0 aliphatic carbocycles. The number of anilines is 2. The molecule has 108 valence electrons. The van der Waals surface area contributed by atoms with Gasteiger partial charge < -0.3 is 16.2 Å².